The molecule has 1 aliphatic heterocycles. The Bertz CT molecular complexity index is 847. The summed E-state index contributed by atoms with van der Waals surface area (Å²) < 4.78 is 5.09. The van der Waals surface area contributed by atoms with Crippen molar-refractivity contribution < 1.29 is 19.1 Å². The zero-order chi connectivity index (χ0) is 19.4. The standard InChI is InChI=1S/C20H21N3O4/c1-13(24)21-15-3-7-17(8-4-15)23-12-14(11-19(23)25)20(26)22-16-5-9-18(27-2)10-6-16/h3-10,14H,11-12H2,1-2H3,(H,21,24)(H,22,26). The van der Waals surface area contributed by atoms with Gasteiger partial charge < -0.3 is 20.3 Å². The van der Waals surface area contributed by atoms with Gasteiger partial charge in [0.25, 0.3) is 0 Å². The summed E-state index contributed by atoms with van der Waals surface area (Å²) in [4.78, 5) is 37.5. The summed E-state index contributed by atoms with van der Waals surface area (Å²) in [6, 6.07) is 14.0. The molecule has 1 saturated heterocycles. The molecule has 7 nitrogen and oxygen atoms in total. The van der Waals surface area contributed by atoms with E-state index in [9.17, 15) is 14.4 Å². The summed E-state index contributed by atoms with van der Waals surface area (Å²) in [6.07, 6.45) is 0.162. The second-order valence-corrected chi connectivity index (χ2v) is 6.35. The maximum absolute atomic E-state index is 12.5. The molecule has 0 aliphatic carbocycles. The number of anilines is 3. The average Bonchev–Trinajstić information content (AvgIpc) is 3.04. The van der Waals surface area contributed by atoms with Crippen LogP contribution in [0.3, 0.4) is 0 Å². The van der Waals surface area contributed by atoms with Crippen molar-refractivity contribution in [1.29, 1.82) is 0 Å². The van der Waals surface area contributed by atoms with Crippen LogP contribution in [0.15, 0.2) is 48.5 Å². The van der Waals surface area contributed by atoms with Crippen LogP contribution in [-0.4, -0.2) is 31.4 Å². The van der Waals surface area contributed by atoms with Crippen LogP contribution in [0.5, 0.6) is 5.75 Å². The maximum Gasteiger partial charge on any atom is 0.229 e. The van der Waals surface area contributed by atoms with Crippen molar-refractivity contribution in [3.05, 3.63) is 48.5 Å². The molecule has 140 valence electrons. The number of nitrogens with zero attached hydrogens (tertiary/aromatic N) is 1. The minimum atomic E-state index is -0.422. The topological polar surface area (TPSA) is 87.7 Å². The van der Waals surface area contributed by atoms with E-state index in [0.717, 1.165) is 0 Å². The highest BCUT2D eigenvalue weighted by Gasteiger charge is 2.35. The number of hydrogen-bond donors (Lipinski definition) is 2. The fraction of sp³-hybridized carbons (Fsp3) is 0.250. The Labute approximate surface area is 157 Å². The highest BCUT2D eigenvalue weighted by Crippen LogP contribution is 2.27. The number of hydrogen-bond acceptors (Lipinski definition) is 4. The van der Waals surface area contributed by atoms with E-state index in [4.69, 9.17) is 4.74 Å². The maximum atomic E-state index is 12.5. The van der Waals surface area contributed by atoms with E-state index in [-0.39, 0.29) is 24.1 Å². The fourth-order valence-electron chi connectivity index (χ4n) is 2.98. The van der Waals surface area contributed by atoms with Crippen LogP contribution in [-0.2, 0) is 14.4 Å². The second-order valence-electron chi connectivity index (χ2n) is 6.35. The molecule has 3 amide bonds. The number of nitrogens with one attached hydrogen (secondary N) is 2. The van der Waals surface area contributed by atoms with E-state index >= 15 is 0 Å². The lowest BCUT2D eigenvalue weighted by Crippen LogP contribution is -2.28. The fourth-order valence-corrected chi connectivity index (χ4v) is 2.98. The highest BCUT2D eigenvalue weighted by atomic mass is 16.5. The quantitative estimate of drug-likeness (QED) is 0.850. The first-order chi connectivity index (χ1) is 13.0. The van der Waals surface area contributed by atoms with Gasteiger partial charge in [-0.25, -0.2) is 0 Å². The monoisotopic (exact) mass is 367 g/mol. The minimum absolute atomic E-state index is 0.0999. The third-order valence-electron chi connectivity index (χ3n) is 4.35. The summed E-state index contributed by atoms with van der Waals surface area (Å²) in [6.45, 7) is 1.75. The van der Waals surface area contributed by atoms with Crippen LogP contribution in [0.1, 0.15) is 13.3 Å². The molecule has 1 aliphatic rings. The molecular formula is C20H21N3O4. The van der Waals surface area contributed by atoms with Crippen molar-refractivity contribution in [3.8, 4) is 5.75 Å². The normalized spacial score (nSPS) is 16.1. The molecule has 1 heterocycles. The van der Waals surface area contributed by atoms with Gasteiger partial charge in [-0.05, 0) is 48.5 Å². The molecule has 2 aromatic rings. The van der Waals surface area contributed by atoms with Crippen LogP contribution in [0, 0.1) is 5.92 Å². The Balaban J connectivity index is 1.63. The third kappa shape index (κ3) is 4.44. The molecule has 1 fully saturated rings. The van der Waals surface area contributed by atoms with Gasteiger partial charge in [-0.1, -0.05) is 0 Å². The molecule has 0 spiro atoms. The van der Waals surface area contributed by atoms with Gasteiger partial charge in [-0.2, -0.15) is 0 Å². The number of benzene rings is 2. The number of ether oxygens (including phenoxy) is 1. The van der Waals surface area contributed by atoms with Gasteiger partial charge in [0.05, 0.1) is 13.0 Å². The summed E-state index contributed by atoms with van der Waals surface area (Å²) in [5, 5.41) is 5.52. The predicted octanol–water partition coefficient (Wildman–Crippen LogP) is 2.65. The third-order valence-corrected chi connectivity index (χ3v) is 4.35. The Hall–Kier alpha value is -3.35. The zero-order valence-corrected chi connectivity index (χ0v) is 15.2. The van der Waals surface area contributed by atoms with Crippen LogP contribution in [0.2, 0.25) is 0 Å². The molecule has 3 rings (SSSR count). The van der Waals surface area contributed by atoms with E-state index < -0.39 is 5.92 Å². The van der Waals surface area contributed by atoms with Crippen molar-refractivity contribution in [3.63, 3.8) is 0 Å². The van der Waals surface area contributed by atoms with Gasteiger partial charge in [0, 0.05) is 37.0 Å². The predicted molar refractivity (Wildman–Crippen MR) is 103 cm³/mol. The van der Waals surface area contributed by atoms with E-state index in [1.165, 1.54) is 6.92 Å². The van der Waals surface area contributed by atoms with Crippen LogP contribution < -0.4 is 20.3 Å². The molecule has 0 saturated carbocycles. The van der Waals surface area contributed by atoms with Gasteiger partial charge in [-0.15, -0.1) is 0 Å². The largest absolute Gasteiger partial charge is 0.497 e. The molecule has 1 unspecified atom stereocenters. The molecule has 0 bridgehead atoms. The summed E-state index contributed by atoms with van der Waals surface area (Å²) in [7, 11) is 1.58. The molecule has 1 atom stereocenters. The summed E-state index contributed by atoms with van der Waals surface area (Å²) in [5.41, 5.74) is 2.02. The lowest BCUT2D eigenvalue weighted by atomic mass is 10.1. The van der Waals surface area contributed by atoms with E-state index in [2.05, 4.69) is 10.6 Å². The van der Waals surface area contributed by atoms with Crippen molar-refractivity contribution in [2.75, 3.05) is 29.2 Å². The van der Waals surface area contributed by atoms with Gasteiger partial charge >= 0.3 is 0 Å². The first-order valence-corrected chi connectivity index (χ1v) is 8.59. The van der Waals surface area contributed by atoms with Crippen molar-refractivity contribution in [2.45, 2.75) is 13.3 Å². The summed E-state index contributed by atoms with van der Waals surface area (Å²) in [5.74, 6) is -0.161. The van der Waals surface area contributed by atoms with Crippen molar-refractivity contribution in [1.82, 2.24) is 0 Å². The second kappa shape index (κ2) is 7.90. The molecule has 0 radical (unpaired) electrons. The number of rotatable bonds is 5. The van der Waals surface area contributed by atoms with Gasteiger partial charge in [0.15, 0.2) is 0 Å². The Morgan fingerprint density at radius 3 is 2.19 bits per heavy atom. The molecule has 7 heteroatoms. The number of methoxy groups -OCH3 is 1. The van der Waals surface area contributed by atoms with Crippen LogP contribution in [0.4, 0.5) is 17.1 Å². The molecule has 2 N–H and O–H groups in total. The highest BCUT2D eigenvalue weighted by molar-refractivity contribution is 6.03. The molecule has 2 aromatic carbocycles. The van der Waals surface area contributed by atoms with Crippen LogP contribution >= 0.6 is 0 Å². The number of amides is 3. The smallest absolute Gasteiger partial charge is 0.229 e. The average molecular weight is 367 g/mol. The number of carbonyl (C=O) groups is 3. The lowest BCUT2D eigenvalue weighted by molar-refractivity contribution is -0.122. The van der Waals surface area contributed by atoms with Crippen molar-refractivity contribution >= 4 is 34.8 Å². The Kier molecular flexibility index (Phi) is 5.40. The van der Waals surface area contributed by atoms with Gasteiger partial charge in [-0.3, -0.25) is 14.4 Å². The van der Waals surface area contributed by atoms with E-state index in [1.807, 2.05) is 0 Å². The zero-order valence-electron chi connectivity index (χ0n) is 15.2. The van der Waals surface area contributed by atoms with Gasteiger partial charge in [0.1, 0.15) is 5.75 Å². The first kappa shape index (κ1) is 18.4. The molecule has 27 heavy (non-hydrogen) atoms. The minimum Gasteiger partial charge on any atom is -0.497 e. The van der Waals surface area contributed by atoms with Crippen LogP contribution in [0.25, 0.3) is 0 Å². The van der Waals surface area contributed by atoms with E-state index in [1.54, 1.807) is 60.5 Å². The van der Waals surface area contributed by atoms with Crippen molar-refractivity contribution in [2.24, 2.45) is 5.92 Å². The van der Waals surface area contributed by atoms with E-state index in [0.29, 0.717) is 29.4 Å². The van der Waals surface area contributed by atoms with Gasteiger partial charge in [0.2, 0.25) is 17.7 Å². The molecular weight excluding hydrogens is 346 g/mol. The SMILES string of the molecule is COc1ccc(NC(=O)C2CC(=O)N(c3ccc(NC(C)=O)cc3)C2)cc1. The number of carbonyl (C=O) groups excluding carboxylic acids is 3. The lowest BCUT2D eigenvalue weighted by Gasteiger charge is -2.17. The Morgan fingerprint density at radius 2 is 1.59 bits per heavy atom. The molecule has 0 aromatic heterocycles. The first-order valence-electron chi connectivity index (χ1n) is 8.59. The summed E-state index contributed by atoms with van der Waals surface area (Å²) >= 11 is 0. The Morgan fingerprint density at radius 1 is 1.00 bits per heavy atom.